The third kappa shape index (κ3) is 3.79. The van der Waals surface area contributed by atoms with Gasteiger partial charge in [0.25, 0.3) is 0 Å². The van der Waals surface area contributed by atoms with Crippen molar-refractivity contribution in [2.75, 3.05) is 20.3 Å². The Hall–Kier alpha value is -1.43. The van der Waals surface area contributed by atoms with Gasteiger partial charge in [-0.3, -0.25) is 4.68 Å². The highest BCUT2D eigenvalue weighted by Crippen LogP contribution is 2.20. The molecule has 0 saturated carbocycles. The van der Waals surface area contributed by atoms with Crippen LogP contribution in [0.4, 0.5) is 4.39 Å². The van der Waals surface area contributed by atoms with E-state index in [1.54, 1.807) is 30.1 Å². The zero-order valence-corrected chi connectivity index (χ0v) is 12.0. The quantitative estimate of drug-likeness (QED) is 0.798. The van der Waals surface area contributed by atoms with Crippen LogP contribution >= 0.6 is 11.6 Å². The first-order valence-electron chi connectivity index (χ1n) is 6.35. The van der Waals surface area contributed by atoms with Crippen LogP contribution in [0, 0.1) is 5.82 Å². The van der Waals surface area contributed by atoms with Gasteiger partial charge in [0, 0.05) is 26.4 Å². The van der Waals surface area contributed by atoms with Crippen LogP contribution in [0.25, 0.3) is 0 Å². The molecule has 0 atom stereocenters. The molecular formula is C14H17ClFN3O. The second-order valence-corrected chi connectivity index (χ2v) is 4.74. The molecule has 1 aromatic heterocycles. The van der Waals surface area contributed by atoms with Crippen LogP contribution in [0.3, 0.4) is 0 Å². The minimum Gasteiger partial charge on any atom is -0.383 e. The highest BCUT2D eigenvalue weighted by molar-refractivity contribution is 6.31. The molecule has 0 unspecified atom stereocenters. The molecule has 20 heavy (non-hydrogen) atoms. The topological polar surface area (TPSA) is 39.1 Å². The molecule has 1 aromatic carbocycles. The Morgan fingerprint density at radius 3 is 3.05 bits per heavy atom. The van der Waals surface area contributed by atoms with Crippen molar-refractivity contribution in [3.8, 4) is 0 Å². The summed E-state index contributed by atoms with van der Waals surface area (Å²) in [6, 6.07) is 6.72. The van der Waals surface area contributed by atoms with Gasteiger partial charge in [0.1, 0.15) is 5.82 Å². The number of hydrogen-bond acceptors (Lipinski definition) is 3. The SMILES string of the molecule is COCCNCc1ccnn1Cc1cccc(F)c1Cl. The van der Waals surface area contributed by atoms with Crippen LogP contribution in [0.5, 0.6) is 0 Å². The smallest absolute Gasteiger partial charge is 0.142 e. The van der Waals surface area contributed by atoms with E-state index < -0.39 is 5.82 Å². The average Bonchev–Trinajstić information content (AvgIpc) is 2.87. The van der Waals surface area contributed by atoms with Crippen molar-refractivity contribution in [1.29, 1.82) is 0 Å². The molecule has 2 aromatic rings. The minimum absolute atomic E-state index is 0.154. The van der Waals surface area contributed by atoms with Crippen molar-refractivity contribution in [2.24, 2.45) is 0 Å². The lowest BCUT2D eigenvalue weighted by Gasteiger charge is -2.10. The summed E-state index contributed by atoms with van der Waals surface area (Å²) < 4.78 is 20.2. The first-order valence-corrected chi connectivity index (χ1v) is 6.73. The van der Waals surface area contributed by atoms with Gasteiger partial charge < -0.3 is 10.1 Å². The first-order chi connectivity index (χ1) is 9.72. The number of methoxy groups -OCH3 is 1. The van der Waals surface area contributed by atoms with Gasteiger partial charge in [0.2, 0.25) is 0 Å². The summed E-state index contributed by atoms with van der Waals surface area (Å²) in [5, 5.41) is 7.65. The fourth-order valence-corrected chi connectivity index (χ4v) is 2.06. The lowest BCUT2D eigenvalue weighted by Crippen LogP contribution is -2.21. The van der Waals surface area contributed by atoms with E-state index in [1.807, 2.05) is 6.07 Å². The Labute approximate surface area is 122 Å². The molecule has 1 N–H and O–H groups in total. The van der Waals surface area contributed by atoms with Gasteiger partial charge >= 0.3 is 0 Å². The third-order valence-corrected chi connectivity index (χ3v) is 3.37. The van der Waals surface area contributed by atoms with Gasteiger partial charge in [0.05, 0.1) is 23.9 Å². The Morgan fingerprint density at radius 1 is 1.40 bits per heavy atom. The van der Waals surface area contributed by atoms with E-state index in [0.717, 1.165) is 12.2 Å². The van der Waals surface area contributed by atoms with Crippen LogP contribution in [-0.4, -0.2) is 30.0 Å². The Morgan fingerprint density at radius 2 is 2.25 bits per heavy atom. The van der Waals surface area contributed by atoms with E-state index >= 15 is 0 Å². The fraction of sp³-hybridized carbons (Fsp3) is 0.357. The van der Waals surface area contributed by atoms with Crippen molar-refractivity contribution >= 4 is 11.6 Å². The zero-order valence-electron chi connectivity index (χ0n) is 11.3. The van der Waals surface area contributed by atoms with Crippen molar-refractivity contribution in [3.63, 3.8) is 0 Å². The molecule has 0 spiro atoms. The van der Waals surface area contributed by atoms with E-state index in [0.29, 0.717) is 25.3 Å². The summed E-state index contributed by atoms with van der Waals surface area (Å²) in [4.78, 5) is 0. The van der Waals surface area contributed by atoms with Gasteiger partial charge in [-0.2, -0.15) is 5.10 Å². The van der Waals surface area contributed by atoms with Crippen molar-refractivity contribution in [3.05, 3.63) is 52.6 Å². The van der Waals surface area contributed by atoms with Crippen LogP contribution < -0.4 is 5.32 Å². The van der Waals surface area contributed by atoms with Gasteiger partial charge in [0.15, 0.2) is 0 Å². The van der Waals surface area contributed by atoms with E-state index in [2.05, 4.69) is 10.4 Å². The third-order valence-electron chi connectivity index (χ3n) is 2.95. The number of ether oxygens (including phenoxy) is 1. The lowest BCUT2D eigenvalue weighted by atomic mass is 10.2. The molecule has 0 bridgehead atoms. The molecule has 4 nitrogen and oxygen atoms in total. The molecule has 0 aliphatic carbocycles. The molecule has 0 radical (unpaired) electrons. The predicted molar refractivity (Wildman–Crippen MR) is 76.3 cm³/mol. The molecule has 2 rings (SSSR count). The summed E-state index contributed by atoms with van der Waals surface area (Å²) in [5.41, 5.74) is 1.73. The number of nitrogens with one attached hydrogen (secondary N) is 1. The normalized spacial score (nSPS) is 10.9. The standard InChI is InChI=1S/C14H17ClFN3O/c1-20-8-7-17-9-12-5-6-18-19(12)10-11-3-2-4-13(16)14(11)15/h2-6,17H,7-10H2,1H3. The monoisotopic (exact) mass is 297 g/mol. The Balaban J connectivity index is 2.03. The summed E-state index contributed by atoms with van der Waals surface area (Å²) in [6.07, 6.45) is 1.72. The predicted octanol–water partition coefficient (Wildman–Crippen LogP) is 2.46. The van der Waals surface area contributed by atoms with Gasteiger partial charge in [-0.15, -0.1) is 0 Å². The number of aromatic nitrogens is 2. The van der Waals surface area contributed by atoms with E-state index in [1.165, 1.54) is 6.07 Å². The fourth-order valence-electron chi connectivity index (χ4n) is 1.88. The van der Waals surface area contributed by atoms with Crippen LogP contribution in [0.2, 0.25) is 5.02 Å². The maximum Gasteiger partial charge on any atom is 0.142 e. The molecule has 0 fully saturated rings. The molecule has 108 valence electrons. The van der Waals surface area contributed by atoms with E-state index in [4.69, 9.17) is 16.3 Å². The molecule has 6 heteroatoms. The zero-order chi connectivity index (χ0) is 14.4. The van der Waals surface area contributed by atoms with Crippen LogP contribution in [0.15, 0.2) is 30.5 Å². The summed E-state index contributed by atoms with van der Waals surface area (Å²) >= 11 is 5.96. The van der Waals surface area contributed by atoms with Gasteiger partial charge in [-0.1, -0.05) is 23.7 Å². The van der Waals surface area contributed by atoms with Crippen molar-refractivity contribution in [1.82, 2.24) is 15.1 Å². The molecule has 0 aliphatic heterocycles. The van der Waals surface area contributed by atoms with E-state index in [9.17, 15) is 4.39 Å². The molecule has 0 amide bonds. The number of hydrogen-bond donors (Lipinski definition) is 1. The second-order valence-electron chi connectivity index (χ2n) is 4.36. The van der Waals surface area contributed by atoms with E-state index in [-0.39, 0.29) is 5.02 Å². The Bertz CT molecular complexity index is 559. The maximum absolute atomic E-state index is 13.4. The van der Waals surface area contributed by atoms with Gasteiger partial charge in [-0.25, -0.2) is 4.39 Å². The average molecular weight is 298 g/mol. The summed E-state index contributed by atoms with van der Waals surface area (Å²) in [7, 11) is 1.66. The maximum atomic E-state index is 13.4. The number of benzene rings is 1. The molecular weight excluding hydrogens is 281 g/mol. The number of halogens is 2. The largest absolute Gasteiger partial charge is 0.383 e. The number of rotatable bonds is 7. The molecule has 0 aliphatic rings. The molecule has 1 heterocycles. The van der Waals surface area contributed by atoms with Crippen molar-refractivity contribution in [2.45, 2.75) is 13.1 Å². The van der Waals surface area contributed by atoms with Gasteiger partial charge in [-0.05, 0) is 17.7 Å². The number of nitrogens with zero attached hydrogens (tertiary/aromatic N) is 2. The first kappa shape index (κ1) is 15.0. The van der Waals surface area contributed by atoms with Crippen molar-refractivity contribution < 1.29 is 9.13 Å². The van der Waals surface area contributed by atoms with Crippen LogP contribution in [-0.2, 0) is 17.8 Å². The minimum atomic E-state index is -0.406. The van der Waals surface area contributed by atoms with Crippen LogP contribution in [0.1, 0.15) is 11.3 Å². The second kappa shape index (κ2) is 7.38. The lowest BCUT2D eigenvalue weighted by molar-refractivity contribution is 0.199. The summed E-state index contributed by atoms with van der Waals surface area (Å²) in [5.74, 6) is -0.406. The highest BCUT2D eigenvalue weighted by atomic mass is 35.5. The summed E-state index contributed by atoms with van der Waals surface area (Å²) in [6.45, 7) is 2.55. The Kier molecular flexibility index (Phi) is 5.52. The molecule has 0 saturated heterocycles. The highest BCUT2D eigenvalue weighted by Gasteiger charge is 2.08.